The summed E-state index contributed by atoms with van der Waals surface area (Å²) in [4.78, 5) is 28.1. The van der Waals surface area contributed by atoms with Crippen molar-refractivity contribution in [2.45, 2.75) is 50.4 Å². The average Bonchev–Trinajstić information content (AvgIpc) is 3.44. The van der Waals surface area contributed by atoms with Crippen molar-refractivity contribution >= 4 is 23.4 Å². The maximum absolute atomic E-state index is 13.0. The van der Waals surface area contributed by atoms with Gasteiger partial charge in [0.05, 0.1) is 12.1 Å². The summed E-state index contributed by atoms with van der Waals surface area (Å²) < 4.78 is 0. The fourth-order valence-corrected chi connectivity index (χ4v) is 4.99. The number of imide groups is 1. The van der Waals surface area contributed by atoms with E-state index in [4.69, 9.17) is 17.3 Å². The molecule has 7 heteroatoms. The zero-order chi connectivity index (χ0) is 21.8. The van der Waals surface area contributed by atoms with Crippen molar-refractivity contribution in [1.82, 2.24) is 15.5 Å². The molecular weight excluding hydrogens is 412 g/mol. The van der Waals surface area contributed by atoms with E-state index in [1.165, 1.54) is 0 Å². The Balaban J connectivity index is 1.42. The lowest BCUT2D eigenvalue weighted by atomic mass is 9.91. The monoisotopic (exact) mass is 440 g/mol. The van der Waals surface area contributed by atoms with E-state index in [1.807, 2.05) is 48.5 Å². The molecule has 4 N–H and O–H groups in total. The van der Waals surface area contributed by atoms with E-state index < -0.39 is 6.04 Å². The Labute approximate surface area is 188 Å². The summed E-state index contributed by atoms with van der Waals surface area (Å²) in [5, 5.41) is 6.61. The van der Waals surface area contributed by atoms with E-state index >= 15 is 0 Å². The van der Waals surface area contributed by atoms with Crippen LogP contribution in [0.15, 0.2) is 48.5 Å². The van der Waals surface area contributed by atoms with Crippen molar-refractivity contribution in [2.75, 3.05) is 13.1 Å². The molecule has 0 aliphatic carbocycles. The van der Waals surface area contributed by atoms with Crippen molar-refractivity contribution in [3.8, 4) is 0 Å². The fraction of sp³-hybridized carbons (Fsp3) is 0.417. The van der Waals surface area contributed by atoms with Crippen LogP contribution in [-0.2, 0) is 22.7 Å². The molecule has 6 nitrogen and oxygen atoms in total. The molecule has 3 atom stereocenters. The van der Waals surface area contributed by atoms with Gasteiger partial charge in [0.25, 0.3) is 0 Å². The van der Waals surface area contributed by atoms with E-state index in [2.05, 4.69) is 15.5 Å². The molecule has 2 aliphatic heterocycles. The van der Waals surface area contributed by atoms with Crippen molar-refractivity contribution in [1.29, 1.82) is 0 Å². The third kappa shape index (κ3) is 4.99. The smallest absolute Gasteiger partial charge is 0.244 e. The van der Waals surface area contributed by atoms with E-state index in [0.29, 0.717) is 18.1 Å². The maximum atomic E-state index is 13.0. The molecule has 2 saturated heterocycles. The van der Waals surface area contributed by atoms with E-state index in [0.717, 1.165) is 49.0 Å². The Bertz CT molecular complexity index is 936. The van der Waals surface area contributed by atoms with Gasteiger partial charge in [0.2, 0.25) is 11.8 Å². The summed E-state index contributed by atoms with van der Waals surface area (Å²) in [5.41, 5.74) is 9.05. The SMILES string of the molecule is NCc1ccc(Cl)cc1CN1CCC[C@H]1C(=O)NC(=O)[C@H]1NCCC1c1ccccc1. The van der Waals surface area contributed by atoms with Gasteiger partial charge in [0.15, 0.2) is 0 Å². The van der Waals surface area contributed by atoms with E-state index in [1.54, 1.807) is 0 Å². The number of nitrogens with one attached hydrogen (secondary N) is 2. The second kappa shape index (κ2) is 9.92. The number of hydrogen-bond acceptors (Lipinski definition) is 5. The minimum absolute atomic E-state index is 0.0762. The lowest BCUT2D eigenvalue weighted by Gasteiger charge is -2.26. The van der Waals surface area contributed by atoms with Crippen molar-refractivity contribution < 1.29 is 9.59 Å². The topological polar surface area (TPSA) is 87.5 Å². The van der Waals surface area contributed by atoms with Gasteiger partial charge in [-0.25, -0.2) is 0 Å². The summed E-state index contributed by atoms with van der Waals surface area (Å²) in [6, 6.07) is 15.0. The van der Waals surface area contributed by atoms with Crippen LogP contribution in [0.25, 0.3) is 0 Å². The molecular formula is C24H29ClN4O2. The van der Waals surface area contributed by atoms with Gasteiger partial charge in [-0.2, -0.15) is 0 Å². The number of nitrogens with two attached hydrogens (primary N) is 1. The number of nitrogens with zero attached hydrogens (tertiary/aromatic N) is 1. The van der Waals surface area contributed by atoms with Crippen molar-refractivity contribution in [3.05, 3.63) is 70.2 Å². The Morgan fingerprint density at radius 2 is 1.90 bits per heavy atom. The minimum Gasteiger partial charge on any atom is -0.326 e. The van der Waals surface area contributed by atoms with Crippen molar-refractivity contribution in [3.63, 3.8) is 0 Å². The third-order valence-electron chi connectivity index (χ3n) is 6.41. The molecule has 0 spiro atoms. The Morgan fingerprint density at radius 1 is 1.10 bits per heavy atom. The largest absolute Gasteiger partial charge is 0.326 e. The Morgan fingerprint density at radius 3 is 2.68 bits per heavy atom. The van der Waals surface area contributed by atoms with Crippen LogP contribution in [0.5, 0.6) is 0 Å². The number of hydrogen-bond donors (Lipinski definition) is 3. The molecule has 2 heterocycles. The summed E-state index contributed by atoms with van der Waals surface area (Å²) in [5.74, 6) is -0.389. The predicted molar refractivity (Wildman–Crippen MR) is 122 cm³/mol. The van der Waals surface area contributed by atoms with Crippen LogP contribution < -0.4 is 16.4 Å². The number of likely N-dealkylation sites (tertiary alicyclic amines) is 1. The lowest BCUT2D eigenvalue weighted by molar-refractivity contribution is -0.134. The lowest BCUT2D eigenvalue weighted by Crippen LogP contribution is -2.51. The Hall–Kier alpha value is -2.25. The first-order chi connectivity index (χ1) is 15.1. The normalized spacial score (nSPS) is 23.7. The first-order valence-corrected chi connectivity index (χ1v) is 11.3. The molecule has 2 aromatic carbocycles. The highest BCUT2D eigenvalue weighted by atomic mass is 35.5. The van der Waals surface area contributed by atoms with Gasteiger partial charge >= 0.3 is 0 Å². The number of rotatable bonds is 6. The summed E-state index contributed by atoms with van der Waals surface area (Å²) in [7, 11) is 0. The molecule has 31 heavy (non-hydrogen) atoms. The van der Waals surface area contributed by atoms with Crippen molar-refractivity contribution in [2.24, 2.45) is 5.73 Å². The average molecular weight is 441 g/mol. The molecule has 2 fully saturated rings. The second-order valence-electron chi connectivity index (χ2n) is 8.34. The van der Waals surface area contributed by atoms with Gasteiger partial charge in [0, 0.05) is 24.0 Å². The zero-order valence-electron chi connectivity index (χ0n) is 17.5. The Kier molecular flexibility index (Phi) is 7.02. The molecule has 1 unspecified atom stereocenters. The molecule has 0 bridgehead atoms. The van der Waals surface area contributed by atoms with Gasteiger partial charge < -0.3 is 11.1 Å². The molecule has 2 aromatic rings. The highest BCUT2D eigenvalue weighted by Crippen LogP contribution is 2.28. The van der Waals surface area contributed by atoms with E-state index in [9.17, 15) is 9.59 Å². The van der Waals surface area contributed by atoms with Gasteiger partial charge in [-0.1, -0.05) is 48.0 Å². The van der Waals surface area contributed by atoms with Crippen LogP contribution in [-0.4, -0.2) is 41.9 Å². The summed E-state index contributed by atoms with van der Waals surface area (Å²) in [6.07, 6.45) is 2.53. The predicted octanol–water partition coefficient (Wildman–Crippen LogP) is 2.55. The van der Waals surface area contributed by atoms with Gasteiger partial charge in [-0.3, -0.25) is 19.8 Å². The number of halogens is 1. The fourth-order valence-electron chi connectivity index (χ4n) is 4.79. The molecule has 0 radical (unpaired) electrons. The molecule has 2 aliphatic rings. The first-order valence-electron chi connectivity index (χ1n) is 10.9. The number of amides is 2. The third-order valence-corrected chi connectivity index (χ3v) is 6.64. The van der Waals surface area contributed by atoms with Crippen LogP contribution in [0.2, 0.25) is 5.02 Å². The number of carbonyl (C=O) groups excluding carboxylic acids is 2. The standard InChI is InChI=1S/C24H29ClN4O2/c25-19-9-8-17(14-26)18(13-19)15-29-12-4-7-21(29)23(30)28-24(31)22-20(10-11-27-22)16-5-2-1-3-6-16/h1-3,5-6,8-9,13,20-22,27H,4,7,10-12,14-15,26H2,(H,28,30,31)/t20?,21-,22-/m0/s1. The highest BCUT2D eigenvalue weighted by molar-refractivity contribution is 6.30. The molecule has 0 saturated carbocycles. The van der Waals surface area contributed by atoms with Crippen LogP contribution >= 0.6 is 11.6 Å². The maximum Gasteiger partial charge on any atom is 0.244 e. The summed E-state index contributed by atoms with van der Waals surface area (Å²) >= 11 is 6.17. The second-order valence-corrected chi connectivity index (χ2v) is 8.77. The first kappa shape index (κ1) is 22.0. The van der Waals surface area contributed by atoms with Crippen LogP contribution in [0, 0.1) is 0 Å². The quantitative estimate of drug-likeness (QED) is 0.601. The summed E-state index contributed by atoms with van der Waals surface area (Å²) in [6.45, 7) is 2.58. The molecule has 2 amide bonds. The van der Waals surface area contributed by atoms with Crippen LogP contribution in [0.4, 0.5) is 0 Å². The van der Waals surface area contributed by atoms with Crippen LogP contribution in [0.1, 0.15) is 41.9 Å². The molecule has 0 aromatic heterocycles. The van der Waals surface area contributed by atoms with Gasteiger partial charge in [-0.05, 0) is 61.2 Å². The van der Waals surface area contributed by atoms with Gasteiger partial charge in [-0.15, -0.1) is 0 Å². The number of benzene rings is 2. The minimum atomic E-state index is -0.391. The van der Waals surface area contributed by atoms with Gasteiger partial charge in [0.1, 0.15) is 0 Å². The molecule has 4 rings (SSSR count). The highest BCUT2D eigenvalue weighted by Gasteiger charge is 2.37. The van der Waals surface area contributed by atoms with Crippen LogP contribution in [0.3, 0.4) is 0 Å². The number of carbonyl (C=O) groups is 2. The van der Waals surface area contributed by atoms with E-state index in [-0.39, 0.29) is 23.8 Å². The molecule has 164 valence electrons. The zero-order valence-corrected chi connectivity index (χ0v) is 18.3.